The van der Waals surface area contributed by atoms with Crippen molar-refractivity contribution in [3.8, 4) is 0 Å². The normalized spacial score (nSPS) is 16.4. The number of rotatable bonds is 4. The third-order valence-electron chi connectivity index (χ3n) is 5.34. The molecular formula is C21H21N3O2S. The molecule has 2 aromatic carbocycles. The topological polar surface area (TPSA) is 41.6 Å². The van der Waals surface area contributed by atoms with Crippen molar-refractivity contribution in [2.24, 2.45) is 0 Å². The Kier molecular flexibility index (Phi) is 4.32. The number of piperazine rings is 1. The Balaban J connectivity index is 1.25. The zero-order chi connectivity index (χ0) is 18.2. The van der Waals surface area contributed by atoms with Gasteiger partial charge in [-0.15, -0.1) is 11.3 Å². The third kappa shape index (κ3) is 3.20. The Morgan fingerprint density at radius 2 is 1.67 bits per heavy atom. The van der Waals surface area contributed by atoms with E-state index < -0.39 is 0 Å². The molecule has 0 saturated carbocycles. The first kappa shape index (κ1) is 16.7. The first-order chi connectivity index (χ1) is 13.3. The minimum absolute atomic E-state index is 0.275. The highest BCUT2D eigenvalue weighted by atomic mass is 32.1. The molecule has 0 amide bonds. The Hall–Kier alpha value is -2.41. The van der Waals surface area contributed by atoms with E-state index in [1.54, 1.807) is 4.57 Å². The summed E-state index contributed by atoms with van der Waals surface area (Å²) in [5, 5.41) is 3.66. The molecule has 27 heavy (non-hydrogen) atoms. The van der Waals surface area contributed by atoms with Crippen LogP contribution < -0.4 is 5.76 Å². The number of thiophene rings is 1. The van der Waals surface area contributed by atoms with Gasteiger partial charge in [0, 0.05) is 37.4 Å². The fraction of sp³-hybridized carbons (Fsp3) is 0.286. The third-order valence-corrected chi connectivity index (χ3v) is 6.35. The van der Waals surface area contributed by atoms with Crippen molar-refractivity contribution in [2.75, 3.05) is 26.2 Å². The van der Waals surface area contributed by atoms with Gasteiger partial charge in [0.1, 0.15) is 0 Å². The zero-order valence-corrected chi connectivity index (χ0v) is 15.8. The largest absolute Gasteiger partial charge is 0.421 e. The average Bonchev–Trinajstić information content (AvgIpc) is 3.25. The van der Waals surface area contributed by atoms with Gasteiger partial charge in [0.2, 0.25) is 0 Å². The summed E-state index contributed by atoms with van der Waals surface area (Å²) >= 11 is 1.82. The van der Waals surface area contributed by atoms with E-state index in [1.807, 2.05) is 35.6 Å². The first-order valence-electron chi connectivity index (χ1n) is 9.26. The summed E-state index contributed by atoms with van der Waals surface area (Å²) in [4.78, 5) is 17.0. The van der Waals surface area contributed by atoms with Crippen molar-refractivity contribution in [3.63, 3.8) is 0 Å². The Morgan fingerprint density at radius 3 is 2.56 bits per heavy atom. The van der Waals surface area contributed by atoms with E-state index in [0.717, 1.165) is 38.2 Å². The number of hydrogen-bond donors (Lipinski definition) is 0. The molecule has 0 radical (unpaired) electrons. The van der Waals surface area contributed by atoms with Crippen LogP contribution in [0.15, 0.2) is 63.1 Å². The molecule has 0 bridgehead atoms. The summed E-state index contributed by atoms with van der Waals surface area (Å²) in [6.45, 7) is 5.50. The van der Waals surface area contributed by atoms with Gasteiger partial charge in [-0.2, -0.15) is 0 Å². The van der Waals surface area contributed by atoms with Crippen molar-refractivity contribution >= 4 is 32.5 Å². The van der Waals surface area contributed by atoms with Crippen LogP contribution >= 0.6 is 11.3 Å². The predicted octanol–water partition coefficient (Wildman–Crippen LogP) is 3.58. The molecule has 1 aliphatic heterocycles. The van der Waals surface area contributed by atoms with Crippen LogP contribution in [0.2, 0.25) is 0 Å². The van der Waals surface area contributed by atoms with E-state index in [-0.39, 0.29) is 5.76 Å². The van der Waals surface area contributed by atoms with Crippen molar-refractivity contribution in [1.82, 2.24) is 14.4 Å². The summed E-state index contributed by atoms with van der Waals surface area (Å²) in [7, 11) is 0. The molecule has 0 aliphatic carbocycles. The van der Waals surface area contributed by atoms with Crippen LogP contribution in [0, 0.1) is 0 Å². The summed E-state index contributed by atoms with van der Waals surface area (Å²) < 4.78 is 8.44. The summed E-state index contributed by atoms with van der Waals surface area (Å²) in [6, 6.07) is 16.2. The highest BCUT2D eigenvalue weighted by molar-refractivity contribution is 7.17. The average molecular weight is 379 g/mol. The molecule has 6 heteroatoms. The summed E-state index contributed by atoms with van der Waals surface area (Å²) in [6.07, 6.45) is 0. The molecule has 0 spiro atoms. The van der Waals surface area contributed by atoms with Crippen molar-refractivity contribution in [2.45, 2.75) is 13.2 Å². The fourth-order valence-electron chi connectivity index (χ4n) is 3.83. The lowest BCUT2D eigenvalue weighted by molar-refractivity contribution is 0.102. The van der Waals surface area contributed by atoms with Crippen LogP contribution in [0.5, 0.6) is 0 Å². The number of fused-ring (bicyclic) bond motifs is 2. The van der Waals surface area contributed by atoms with E-state index >= 15 is 0 Å². The van der Waals surface area contributed by atoms with Crippen molar-refractivity contribution in [1.29, 1.82) is 0 Å². The molecule has 0 unspecified atom stereocenters. The van der Waals surface area contributed by atoms with Crippen molar-refractivity contribution < 1.29 is 4.42 Å². The smallest absolute Gasteiger partial charge is 0.408 e. The number of hydrogen-bond acceptors (Lipinski definition) is 5. The van der Waals surface area contributed by atoms with Gasteiger partial charge in [0.15, 0.2) is 5.58 Å². The van der Waals surface area contributed by atoms with Crippen LogP contribution in [0.1, 0.15) is 5.56 Å². The Morgan fingerprint density at radius 1 is 0.926 bits per heavy atom. The molecule has 3 heterocycles. The number of benzene rings is 2. The molecule has 1 saturated heterocycles. The molecule has 138 valence electrons. The first-order valence-corrected chi connectivity index (χ1v) is 10.1. The zero-order valence-electron chi connectivity index (χ0n) is 15.0. The highest BCUT2D eigenvalue weighted by Crippen LogP contribution is 2.27. The Labute approximate surface area is 161 Å². The van der Waals surface area contributed by atoms with E-state index in [4.69, 9.17) is 4.42 Å². The fourth-order valence-corrected chi connectivity index (χ4v) is 4.79. The second-order valence-electron chi connectivity index (χ2n) is 7.06. The van der Waals surface area contributed by atoms with E-state index in [0.29, 0.717) is 12.3 Å². The standard InChI is InChI=1S/C21H21N3O2S/c25-21-24(18-6-2-3-7-19(18)26-21)15-23-11-9-22(10-12-23)13-16-14-27-20-8-4-1-5-17(16)20/h1-8,14H,9-13,15H2. The second-order valence-corrected chi connectivity index (χ2v) is 7.97. The monoisotopic (exact) mass is 379 g/mol. The van der Waals surface area contributed by atoms with Gasteiger partial charge in [-0.25, -0.2) is 4.79 Å². The van der Waals surface area contributed by atoms with Gasteiger partial charge in [-0.3, -0.25) is 14.4 Å². The van der Waals surface area contributed by atoms with Crippen LogP contribution in [0.3, 0.4) is 0 Å². The molecule has 0 atom stereocenters. The number of aromatic nitrogens is 1. The minimum atomic E-state index is -0.275. The predicted molar refractivity (Wildman–Crippen MR) is 109 cm³/mol. The lowest BCUT2D eigenvalue weighted by Crippen LogP contribution is -2.47. The van der Waals surface area contributed by atoms with Gasteiger partial charge >= 0.3 is 5.76 Å². The lowest BCUT2D eigenvalue weighted by atomic mass is 10.1. The molecule has 0 N–H and O–H groups in total. The highest BCUT2D eigenvalue weighted by Gasteiger charge is 2.20. The molecule has 2 aromatic heterocycles. The van der Waals surface area contributed by atoms with Gasteiger partial charge < -0.3 is 4.42 Å². The van der Waals surface area contributed by atoms with Gasteiger partial charge in [-0.1, -0.05) is 30.3 Å². The van der Waals surface area contributed by atoms with E-state index in [9.17, 15) is 4.79 Å². The van der Waals surface area contributed by atoms with Gasteiger partial charge in [-0.05, 0) is 34.5 Å². The maximum atomic E-state index is 12.2. The molecule has 5 nitrogen and oxygen atoms in total. The van der Waals surface area contributed by atoms with E-state index in [2.05, 4.69) is 39.4 Å². The molecule has 1 aliphatic rings. The molecular weight excluding hydrogens is 358 g/mol. The van der Waals surface area contributed by atoms with Crippen LogP contribution in [-0.4, -0.2) is 40.5 Å². The summed E-state index contributed by atoms with van der Waals surface area (Å²) in [5.41, 5.74) is 2.95. The minimum Gasteiger partial charge on any atom is -0.408 e. The van der Waals surface area contributed by atoms with Crippen molar-refractivity contribution in [3.05, 3.63) is 70.0 Å². The van der Waals surface area contributed by atoms with Crippen LogP contribution in [-0.2, 0) is 13.2 Å². The maximum Gasteiger partial charge on any atom is 0.421 e. The van der Waals surface area contributed by atoms with Crippen LogP contribution in [0.4, 0.5) is 0 Å². The summed E-state index contributed by atoms with van der Waals surface area (Å²) in [5.74, 6) is -0.275. The maximum absolute atomic E-state index is 12.2. The quantitative estimate of drug-likeness (QED) is 0.543. The SMILES string of the molecule is O=c1oc2ccccc2n1CN1CCN(Cc2csc3ccccc23)CC1. The lowest BCUT2D eigenvalue weighted by Gasteiger charge is -2.34. The molecule has 5 rings (SSSR count). The van der Waals surface area contributed by atoms with Gasteiger partial charge in [0.05, 0.1) is 12.2 Å². The second kappa shape index (κ2) is 6.96. The number of oxazole rings is 1. The number of nitrogens with zero attached hydrogens (tertiary/aromatic N) is 3. The van der Waals surface area contributed by atoms with Crippen LogP contribution in [0.25, 0.3) is 21.2 Å². The van der Waals surface area contributed by atoms with Gasteiger partial charge in [0.25, 0.3) is 0 Å². The number of para-hydroxylation sites is 2. The molecule has 4 aromatic rings. The Bertz CT molecular complexity index is 1130. The molecule has 1 fully saturated rings. The van der Waals surface area contributed by atoms with E-state index in [1.165, 1.54) is 15.6 Å².